The van der Waals surface area contributed by atoms with E-state index in [1.54, 1.807) is 29.2 Å². The molecule has 0 saturated carbocycles. The molecule has 4 rings (SSSR count). The summed E-state index contributed by atoms with van der Waals surface area (Å²) in [5.74, 6) is -0.496. The largest absolute Gasteiger partial charge is 0.508 e. The van der Waals surface area contributed by atoms with Gasteiger partial charge < -0.3 is 20.8 Å². The number of rotatable bonds is 7. The Kier molecular flexibility index (Phi) is 6.02. The van der Waals surface area contributed by atoms with Gasteiger partial charge in [-0.25, -0.2) is 4.39 Å². The van der Waals surface area contributed by atoms with Gasteiger partial charge in [-0.15, -0.1) is 0 Å². The first-order valence-corrected chi connectivity index (χ1v) is 10.3. The van der Waals surface area contributed by atoms with Gasteiger partial charge in [-0.3, -0.25) is 4.79 Å². The number of nitrogens with two attached hydrogens (primary N) is 1. The van der Waals surface area contributed by atoms with Crippen molar-refractivity contribution in [2.45, 2.75) is 31.5 Å². The number of aromatic hydroxyl groups is 1. The van der Waals surface area contributed by atoms with Gasteiger partial charge in [0.2, 0.25) is 5.91 Å². The molecular weight excluding hydrogens is 395 g/mol. The Bertz CT molecular complexity index is 1040. The number of carbonyl (C=O) groups is 1. The number of carbonyl (C=O) groups excluding carboxylic acids is 1. The molecule has 6 heteroatoms. The molecule has 0 aromatic heterocycles. The van der Waals surface area contributed by atoms with Crippen LogP contribution < -0.4 is 10.6 Å². The van der Waals surface area contributed by atoms with Gasteiger partial charge in [0.25, 0.3) is 0 Å². The van der Waals surface area contributed by atoms with E-state index < -0.39 is 6.10 Å². The van der Waals surface area contributed by atoms with Gasteiger partial charge in [-0.1, -0.05) is 36.4 Å². The lowest BCUT2D eigenvalue weighted by Gasteiger charge is -2.48. The van der Waals surface area contributed by atoms with Crippen LogP contribution in [0.1, 0.15) is 41.7 Å². The molecule has 4 N–H and O–H groups in total. The summed E-state index contributed by atoms with van der Waals surface area (Å²) < 4.78 is 13.1. The molecule has 0 unspecified atom stereocenters. The first-order valence-electron chi connectivity index (χ1n) is 10.3. The first-order chi connectivity index (χ1) is 15.0. The van der Waals surface area contributed by atoms with E-state index in [0.29, 0.717) is 24.9 Å². The van der Waals surface area contributed by atoms with Crippen LogP contribution in [0.5, 0.6) is 5.75 Å². The van der Waals surface area contributed by atoms with Gasteiger partial charge in [0, 0.05) is 12.2 Å². The highest BCUT2D eigenvalue weighted by Crippen LogP contribution is 2.46. The summed E-state index contributed by atoms with van der Waals surface area (Å²) in [4.78, 5) is 14.8. The topological polar surface area (TPSA) is 86.8 Å². The fourth-order valence-electron chi connectivity index (χ4n) is 4.15. The van der Waals surface area contributed by atoms with Crippen molar-refractivity contribution in [2.75, 3.05) is 4.90 Å². The van der Waals surface area contributed by atoms with E-state index in [-0.39, 0.29) is 29.4 Å². The SMILES string of the molecule is NCc1ccc(N2C(=O)[C@H](CC[C@H](O)c3ccc(F)cc3)[C@H]2c2ccc(O)cc2)cc1. The minimum atomic E-state index is -0.772. The zero-order chi connectivity index (χ0) is 22.0. The van der Waals surface area contributed by atoms with Crippen LogP contribution in [0.15, 0.2) is 72.8 Å². The molecule has 1 heterocycles. The van der Waals surface area contributed by atoms with Crippen molar-refractivity contribution < 1.29 is 19.4 Å². The predicted molar refractivity (Wildman–Crippen MR) is 117 cm³/mol. The highest BCUT2D eigenvalue weighted by atomic mass is 19.1. The van der Waals surface area contributed by atoms with Crippen molar-refractivity contribution in [1.29, 1.82) is 0 Å². The number of β-lactam (4-membered cyclic amide) rings is 1. The van der Waals surface area contributed by atoms with Crippen molar-refractivity contribution in [3.63, 3.8) is 0 Å². The van der Waals surface area contributed by atoms with Crippen LogP contribution in [0.4, 0.5) is 10.1 Å². The van der Waals surface area contributed by atoms with Crippen LogP contribution in [0.3, 0.4) is 0 Å². The molecule has 0 aliphatic carbocycles. The van der Waals surface area contributed by atoms with E-state index in [9.17, 15) is 19.4 Å². The molecule has 0 spiro atoms. The molecule has 3 aromatic carbocycles. The maximum Gasteiger partial charge on any atom is 0.233 e. The van der Waals surface area contributed by atoms with Crippen LogP contribution in [0.2, 0.25) is 0 Å². The molecular formula is C25H25FN2O3. The van der Waals surface area contributed by atoms with Gasteiger partial charge in [0.05, 0.1) is 18.1 Å². The summed E-state index contributed by atoms with van der Waals surface area (Å²) in [5.41, 5.74) is 9.00. The van der Waals surface area contributed by atoms with Gasteiger partial charge in [0.1, 0.15) is 11.6 Å². The van der Waals surface area contributed by atoms with Crippen molar-refractivity contribution in [2.24, 2.45) is 11.7 Å². The lowest BCUT2D eigenvalue weighted by Crippen LogP contribution is -2.55. The van der Waals surface area contributed by atoms with E-state index in [2.05, 4.69) is 0 Å². The number of nitrogens with zero attached hydrogens (tertiary/aromatic N) is 1. The monoisotopic (exact) mass is 420 g/mol. The lowest BCUT2D eigenvalue weighted by molar-refractivity contribution is -0.131. The van der Waals surface area contributed by atoms with Crippen LogP contribution in [0.25, 0.3) is 0 Å². The zero-order valence-corrected chi connectivity index (χ0v) is 17.0. The van der Waals surface area contributed by atoms with Gasteiger partial charge in [0.15, 0.2) is 0 Å². The fourth-order valence-corrected chi connectivity index (χ4v) is 4.15. The number of aliphatic hydroxyl groups excluding tert-OH is 1. The van der Waals surface area contributed by atoms with Crippen molar-refractivity contribution >= 4 is 11.6 Å². The third kappa shape index (κ3) is 4.31. The van der Waals surface area contributed by atoms with Crippen LogP contribution in [-0.2, 0) is 11.3 Å². The Morgan fingerprint density at radius 2 is 1.61 bits per heavy atom. The summed E-state index contributed by atoms with van der Waals surface area (Å²) >= 11 is 0. The van der Waals surface area contributed by atoms with E-state index in [0.717, 1.165) is 16.8 Å². The zero-order valence-electron chi connectivity index (χ0n) is 17.0. The summed E-state index contributed by atoms with van der Waals surface area (Å²) in [6, 6.07) is 20.0. The summed E-state index contributed by atoms with van der Waals surface area (Å²) in [6.07, 6.45) is 0.100. The third-order valence-corrected chi connectivity index (χ3v) is 5.90. The standard InChI is InChI=1S/C25H25FN2O3/c26-19-7-3-17(4-8-19)23(30)14-13-22-24(18-5-11-21(29)12-6-18)28(25(22)31)20-9-1-16(15-27)2-10-20/h1-12,22-24,29-30H,13-15,27H2/t22-,23+,24-/m1/s1. The molecule has 0 radical (unpaired) electrons. The molecule has 1 saturated heterocycles. The van der Waals surface area contributed by atoms with Gasteiger partial charge in [-0.05, 0) is 65.9 Å². The highest BCUT2D eigenvalue weighted by Gasteiger charge is 2.48. The predicted octanol–water partition coefficient (Wildman–Crippen LogP) is 4.21. The van der Waals surface area contributed by atoms with E-state index >= 15 is 0 Å². The molecule has 160 valence electrons. The van der Waals surface area contributed by atoms with Crippen LogP contribution >= 0.6 is 0 Å². The first kappa shape index (κ1) is 21.0. The summed E-state index contributed by atoms with van der Waals surface area (Å²) in [5, 5.41) is 20.2. The second kappa shape index (κ2) is 8.88. The number of halogens is 1. The Morgan fingerprint density at radius 1 is 0.968 bits per heavy atom. The lowest BCUT2D eigenvalue weighted by atomic mass is 9.78. The second-order valence-corrected chi connectivity index (χ2v) is 7.87. The smallest absolute Gasteiger partial charge is 0.233 e. The Morgan fingerprint density at radius 3 is 2.23 bits per heavy atom. The van der Waals surface area contributed by atoms with E-state index in [1.165, 1.54) is 12.1 Å². The Balaban J connectivity index is 1.54. The summed E-state index contributed by atoms with van der Waals surface area (Å²) in [6.45, 7) is 0.430. The molecule has 1 amide bonds. The molecule has 31 heavy (non-hydrogen) atoms. The highest BCUT2D eigenvalue weighted by molar-refractivity contribution is 6.03. The van der Waals surface area contributed by atoms with Crippen molar-refractivity contribution in [3.05, 3.63) is 95.3 Å². The number of phenolic OH excluding ortho intramolecular Hbond substituents is 1. The van der Waals surface area contributed by atoms with Gasteiger partial charge in [-0.2, -0.15) is 0 Å². The van der Waals surface area contributed by atoms with E-state index in [1.807, 2.05) is 36.4 Å². The molecule has 1 fully saturated rings. The van der Waals surface area contributed by atoms with Crippen molar-refractivity contribution in [1.82, 2.24) is 0 Å². The maximum absolute atomic E-state index is 13.1. The molecule has 1 aliphatic rings. The minimum Gasteiger partial charge on any atom is -0.508 e. The van der Waals surface area contributed by atoms with Crippen molar-refractivity contribution in [3.8, 4) is 5.75 Å². The maximum atomic E-state index is 13.1. The number of anilines is 1. The average Bonchev–Trinajstić information content (AvgIpc) is 2.79. The number of aliphatic hydroxyl groups is 1. The molecule has 3 aromatic rings. The number of amides is 1. The number of phenols is 1. The van der Waals surface area contributed by atoms with Crippen LogP contribution in [-0.4, -0.2) is 16.1 Å². The Hall–Kier alpha value is -3.22. The third-order valence-electron chi connectivity index (χ3n) is 5.90. The minimum absolute atomic E-state index is 0.00937. The molecule has 1 aliphatic heterocycles. The normalized spacial score (nSPS) is 19.2. The average molecular weight is 420 g/mol. The quantitative estimate of drug-likeness (QED) is 0.500. The summed E-state index contributed by atoms with van der Waals surface area (Å²) in [7, 11) is 0. The number of benzene rings is 3. The van der Waals surface area contributed by atoms with Gasteiger partial charge >= 0.3 is 0 Å². The molecule has 5 nitrogen and oxygen atoms in total. The van der Waals surface area contributed by atoms with E-state index in [4.69, 9.17) is 5.73 Å². The Labute approximate surface area is 180 Å². The molecule has 3 atom stereocenters. The van der Waals surface area contributed by atoms with Crippen LogP contribution in [0, 0.1) is 11.7 Å². The molecule has 0 bridgehead atoms. The second-order valence-electron chi connectivity index (χ2n) is 7.87. The number of hydrogen-bond acceptors (Lipinski definition) is 4. The number of hydrogen-bond donors (Lipinski definition) is 3. The fraction of sp³-hybridized carbons (Fsp3) is 0.240.